The molecule has 0 spiro atoms. The molecule has 1 amide bonds. The van der Waals surface area contributed by atoms with Crippen LogP contribution in [0, 0.1) is 10.1 Å². The molecular weight excluding hydrogens is 470 g/mol. The van der Waals surface area contributed by atoms with Crippen LogP contribution in [0.5, 0.6) is 11.5 Å². The minimum absolute atomic E-state index is 0.0599. The van der Waals surface area contributed by atoms with Crippen LogP contribution in [-0.2, 0) is 10.2 Å². The van der Waals surface area contributed by atoms with Gasteiger partial charge in [0.25, 0.3) is 11.6 Å². The van der Waals surface area contributed by atoms with Crippen molar-refractivity contribution in [3.8, 4) is 11.5 Å². The maximum atomic E-state index is 13.1. The summed E-state index contributed by atoms with van der Waals surface area (Å²) in [6.07, 6.45) is 1.58. The van der Waals surface area contributed by atoms with E-state index in [2.05, 4.69) is 25.9 Å². The number of benzene rings is 3. The summed E-state index contributed by atoms with van der Waals surface area (Å²) in [6, 6.07) is 21.3. The van der Waals surface area contributed by atoms with Crippen molar-refractivity contribution in [2.45, 2.75) is 33.1 Å². The van der Waals surface area contributed by atoms with Gasteiger partial charge in [-0.05, 0) is 54.3 Å². The quantitative estimate of drug-likeness (QED) is 0.160. The number of ether oxygens (including phenoxy) is 2. The highest BCUT2D eigenvalue weighted by atomic mass is 16.6. The lowest BCUT2D eigenvalue weighted by atomic mass is 9.87. The van der Waals surface area contributed by atoms with Crippen molar-refractivity contribution in [3.63, 3.8) is 0 Å². The topological polar surface area (TPSA) is 94.3 Å². The molecule has 1 heterocycles. The Morgan fingerprint density at radius 2 is 1.65 bits per heavy atom. The number of carbonyl (C=O) groups excluding carboxylic acids is 1. The zero-order valence-electron chi connectivity index (χ0n) is 21.3. The molecule has 0 atom stereocenters. The van der Waals surface area contributed by atoms with Crippen LogP contribution in [0.1, 0.15) is 38.8 Å². The first-order valence-corrected chi connectivity index (χ1v) is 11.9. The van der Waals surface area contributed by atoms with Crippen LogP contribution in [0.3, 0.4) is 0 Å². The number of hydrogen-bond acceptors (Lipinski definition) is 6. The predicted octanol–water partition coefficient (Wildman–Crippen LogP) is 6.16. The number of hydrogen-bond donors (Lipinski definition) is 0. The fraction of sp³-hybridized carbons (Fsp3) is 0.241. The van der Waals surface area contributed by atoms with Crippen LogP contribution in [0.15, 0.2) is 83.5 Å². The molecule has 4 rings (SSSR count). The van der Waals surface area contributed by atoms with E-state index < -0.39 is 4.92 Å². The number of nitrogens with zero attached hydrogens (tertiary/aromatic N) is 3. The largest absolute Gasteiger partial charge is 0.490 e. The zero-order valence-corrected chi connectivity index (χ0v) is 21.3. The molecule has 0 aromatic heterocycles. The highest BCUT2D eigenvalue weighted by molar-refractivity contribution is 6.32. The molecule has 0 saturated heterocycles. The number of nitro benzene ring substituents is 1. The molecular formula is C29H29N3O5. The Morgan fingerprint density at radius 1 is 0.973 bits per heavy atom. The molecule has 0 saturated carbocycles. The average molecular weight is 500 g/mol. The fourth-order valence-corrected chi connectivity index (χ4v) is 3.84. The fourth-order valence-electron chi connectivity index (χ4n) is 3.84. The van der Waals surface area contributed by atoms with E-state index in [-0.39, 0.29) is 30.2 Å². The van der Waals surface area contributed by atoms with E-state index >= 15 is 0 Å². The Kier molecular flexibility index (Phi) is 7.38. The second-order valence-corrected chi connectivity index (χ2v) is 9.65. The molecule has 1 aliphatic heterocycles. The van der Waals surface area contributed by atoms with Gasteiger partial charge in [-0.15, -0.1) is 0 Å². The van der Waals surface area contributed by atoms with Gasteiger partial charge in [-0.3, -0.25) is 14.9 Å². The molecule has 3 aromatic carbocycles. The van der Waals surface area contributed by atoms with Gasteiger partial charge in [-0.1, -0.05) is 51.1 Å². The van der Waals surface area contributed by atoms with Gasteiger partial charge in [0.15, 0.2) is 0 Å². The number of non-ortho nitro benzene ring substituents is 1. The third-order valence-electron chi connectivity index (χ3n) is 5.90. The Balaban J connectivity index is 1.49. The highest BCUT2D eigenvalue weighted by Gasteiger charge is 2.29. The van der Waals surface area contributed by atoms with Crippen molar-refractivity contribution in [2.24, 2.45) is 5.10 Å². The van der Waals surface area contributed by atoms with Crippen LogP contribution in [0.2, 0.25) is 0 Å². The smallest absolute Gasteiger partial charge is 0.280 e. The number of anilines is 1. The molecule has 0 bridgehead atoms. The Hall–Kier alpha value is -4.46. The van der Waals surface area contributed by atoms with Crippen molar-refractivity contribution >= 4 is 29.1 Å². The van der Waals surface area contributed by atoms with E-state index in [4.69, 9.17) is 9.47 Å². The van der Waals surface area contributed by atoms with E-state index in [1.165, 1.54) is 28.8 Å². The number of carbonyl (C=O) groups is 1. The lowest BCUT2D eigenvalue weighted by Crippen LogP contribution is -2.21. The molecule has 0 fully saturated rings. The first-order chi connectivity index (χ1) is 17.6. The molecule has 3 aromatic rings. The molecule has 1 aliphatic rings. The Bertz CT molecular complexity index is 1360. The number of hydrazone groups is 1. The second kappa shape index (κ2) is 10.7. The Morgan fingerprint density at radius 3 is 2.30 bits per heavy atom. The summed E-state index contributed by atoms with van der Waals surface area (Å²) in [7, 11) is 0. The summed E-state index contributed by atoms with van der Waals surface area (Å²) in [5, 5.41) is 17.1. The molecule has 190 valence electrons. The number of nitro groups is 1. The molecule has 0 unspecified atom stereocenters. The van der Waals surface area contributed by atoms with E-state index in [9.17, 15) is 14.9 Å². The molecule has 0 radical (unpaired) electrons. The summed E-state index contributed by atoms with van der Waals surface area (Å²) in [5.74, 6) is 0.818. The van der Waals surface area contributed by atoms with E-state index in [0.29, 0.717) is 28.3 Å². The highest BCUT2D eigenvalue weighted by Crippen LogP contribution is 2.30. The van der Waals surface area contributed by atoms with Crippen molar-refractivity contribution < 1.29 is 19.2 Å². The molecule has 0 aliphatic carbocycles. The van der Waals surface area contributed by atoms with Crippen molar-refractivity contribution in [1.29, 1.82) is 0 Å². The minimum Gasteiger partial charge on any atom is -0.490 e. The van der Waals surface area contributed by atoms with Crippen LogP contribution >= 0.6 is 0 Å². The van der Waals surface area contributed by atoms with Crippen LogP contribution in [0.25, 0.3) is 6.08 Å². The van der Waals surface area contributed by atoms with Gasteiger partial charge < -0.3 is 9.47 Å². The van der Waals surface area contributed by atoms with Crippen molar-refractivity contribution in [2.75, 3.05) is 18.2 Å². The summed E-state index contributed by atoms with van der Waals surface area (Å²) in [4.78, 5) is 24.0. The average Bonchev–Trinajstić information content (AvgIpc) is 3.15. The third-order valence-corrected chi connectivity index (χ3v) is 5.90. The lowest BCUT2D eigenvalue weighted by molar-refractivity contribution is -0.384. The monoisotopic (exact) mass is 499 g/mol. The van der Waals surface area contributed by atoms with Gasteiger partial charge >= 0.3 is 0 Å². The number of rotatable bonds is 8. The van der Waals surface area contributed by atoms with Gasteiger partial charge in [-0.25, -0.2) is 0 Å². The van der Waals surface area contributed by atoms with E-state index in [1.54, 1.807) is 25.1 Å². The van der Waals surface area contributed by atoms with Gasteiger partial charge in [0, 0.05) is 17.7 Å². The van der Waals surface area contributed by atoms with Crippen LogP contribution in [-0.4, -0.2) is 29.8 Å². The van der Waals surface area contributed by atoms with Crippen molar-refractivity contribution in [1.82, 2.24) is 0 Å². The standard InChI is InChI=1S/C29H29N3O5/c1-20-26(28(33)31(30-20)23-8-6-5-7-9-23)19-21-18-24(32(34)35)12-15-27(21)37-17-16-36-25-13-10-22(11-14-25)29(2,3)4/h5-15,18-19H,16-17H2,1-4H3/b26-19+. The minimum atomic E-state index is -0.482. The van der Waals surface area contributed by atoms with Gasteiger partial charge in [0.05, 0.1) is 21.9 Å². The maximum Gasteiger partial charge on any atom is 0.280 e. The van der Waals surface area contributed by atoms with E-state index in [0.717, 1.165) is 5.75 Å². The molecule has 8 nitrogen and oxygen atoms in total. The predicted molar refractivity (Wildman–Crippen MR) is 144 cm³/mol. The summed E-state index contributed by atoms with van der Waals surface area (Å²) in [5.41, 5.74) is 3.07. The first-order valence-electron chi connectivity index (χ1n) is 11.9. The van der Waals surface area contributed by atoms with Gasteiger partial charge in [0.2, 0.25) is 0 Å². The second-order valence-electron chi connectivity index (χ2n) is 9.65. The third kappa shape index (κ3) is 6.03. The first kappa shape index (κ1) is 25.6. The van der Waals surface area contributed by atoms with Crippen molar-refractivity contribution in [3.05, 3.63) is 99.6 Å². The molecule has 37 heavy (non-hydrogen) atoms. The van der Waals surface area contributed by atoms with Gasteiger partial charge in [0.1, 0.15) is 24.7 Å². The van der Waals surface area contributed by atoms with E-state index in [1.807, 2.05) is 42.5 Å². The van der Waals surface area contributed by atoms with Crippen LogP contribution < -0.4 is 14.5 Å². The lowest BCUT2D eigenvalue weighted by Gasteiger charge is -2.19. The normalized spacial score (nSPS) is 14.6. The molecule has 0 N–H and O–H groups in total. The Labute approximate surface area is 216 Å². The number of amides is 1. The zero-order chi connectivity index (χ0) is 26.6. The van der Waals surface area contributed by atoms with Gasteiger partial charge in [-0.2, -0.15) is 10.1 Å². The number of para-hydroxylation sites is 1. The summed E-state index contributed by atoms with van der Waals surface area (Å²) >= 11 is 0. The summed E-state index contributed by atoms with van der Waals surface area (Å²) in [6.45, 7) is 8.68. The molecule has 8 heteroatoms. The summed E-state index contributed by atoms with van der Waals surface area (Å²) < 4.78 is 11.7. The SMILES string of the molecule is CC1=NN(c2ccccc2)C(=O)/C1=C/c1cc([N+](=O)[O-])ccc1OCCOc1ccc(C(C)(C)C)cc1. The maximum absolute atomic E-state index is 13.1. The van der Waals surface area contributed by atoms with Crippen LogP contribution in [0.4, 0.5) is 11.4 Å².